The fraction of sp³-hybridized carbons (Fsp3) is 0.0435. The molecule has 1 heterocycles. The fourth-order valence-electron chi connectivity index (χ4n) is 3.14. The number of ether oxygens (including phenoxy) is 1. The van der Waals surface area contributed by atoms with Gasteiger partial charge in [0.1, 0.15) is 12.4 Å². The molecule has 4 aromatic rings. The third-order valence-corrected chi connectivity index (χ3v) is 4.53. The number of carbonyl (C=O) groups is 2. The summed E-state index contributed by atoms with van der Waals surface area (Å²) in [4.78, 5) is 24.8. The second kappa shape index (κ2) is 7.40. The van der Waals surface area contributed by atoms with Gasteiger partial charge in [-0.25, -0.2) is 0 Å². The van der Waals surface area contributed by atoms with Crippen LogP contribution in [0.2, 0.25) is 0 Å². The Balaban J connectivity index is 1.64. The van der Waals surface area contributed by atoms with Crippen LogP contribution < -0.4 is 10.5 Å². The average molecular weight is 370 g/mol. The van der Waals surface area contributed by atoms with Gasteiger partial charge in [0.25, 0.3) is 11.8 Å². The Morgan fingerprint density at radius 2 is 1.64 bits per heavy atom. The summed E-state index contributed by atoms with van der Waals surface area (Å²) < 4.78 is 7.26. The zero-order chi connectivity index (χ0) is 19.5. The Labute approximate surface area is 162 Å². The van der Waals surface area contributed by atoms with Gasteiger partial charge in [0.05, 0.1) is 11.1 Å². The molecule has 5 nitrogen and oxygen atoms in total. The molecule has 0 fully saturated rings. The number of benzene rings is 3. The van der Waals surface area contributed by atoms with Crippen molar-refractivity contribution in [3.8, 4) is 5.75 Å². The maximum atomic E-state index is 13.1. The zero-order valence-corrected chi connectivity index (χ0v) is 15.0. The van der Waals surface area contributed by atoms with Crippen LogP contribution in [-0.2, 0) is 6.61 Å². The lowest BCUT2D eigenvalue weighted by Crippen LogP contribution is -2.13. The van der Waals surface area contributed by atoms with Gasteiger partial charge in [0.2, 0.25) is 0 Å². The maximum Gasteiger partial charge on any atom is 0.262 e. The molecule has 0 spiro atoms. The summed E-state index contributed by atoms with van der Waals surface area (Å²) in [5, 5.41) is 0.653. The zero-order valence-electron chi connectivity index (χ0n) is 15.0. The molecule has 28 heavy (non-hydrogen) atoms. The van der Waals surface area contributed by atoms with Crippen LogP contribution in [0.15, 0.2) is 85.1 Å². The van der Waals surface area contributed by atoms with Gasteiger partial charge >= 0.3 is 0 Å². The predicted molar refractivity (Wildman–Crippen MR) is 107 cm³/mol. The number of hydrogen-bond donors (Lipinski definition) is 1. The van der Waals surface area contributed by atoms with Crippen molar-refractivity contribution in [2.24, 2.45) is 5.73 Å². The summed E-state index contributed by atoms with van der Waals surface area (Å²) in [6, 6.07) is 24.0. The lowest BCUT2D eigenvalue weighted by atomic mass is 10.1. The number of hydrogen-bond acceptors (Lipinski definition) is 3. The molecule has 0 saturated heterocycles. The lowest BCUT2D eigenvalue weighted by Gasteiger charge is -2.09. The summed E-state index contributed by atoms with van der Waals surface area (Å²) in [5.74, 6) is -0.224. The van der Waals surface area contributed by atoms with Crippen LogP contribution in [0.4, 0.5) is 0 Å². The van der Waals surface area contributed by atoms with Crippen molar-refractivity contribution in [2.75, 3.05) is 0 Å². The highest BCUT2D eigenvalue weighted by atomic mass is 16.5. The molecule has 0 saturated carbocycles. The largest absolute Gasteiger partial charge is 0.489 e. The van der Waals surface area contributed by atoms with Gasteiger partial charge in [-0.05, 0) is 29.8 Å². The van der Waals surface area contributed by atoms with E-state index in [0.717, 1.165) is 5.56 Å². The molecular formula is C23H18N2O3. The Bertz CT molecular complexity index is 1160. The van der Waals surface area contributed by atoms with Crippen LogP contribution in [-0.4, -0.2) is 16.4 Å². The van der Waals surface area contributed by atoms with E-state index in [4.69, 9.17) is 10.5 Å². The summed E-state index contributed by atoms with van der Waals surface area (Å²) in [6.07, 6.45) is 1.49. The number of nitrogens with two attached hydrogens (primary N) is 1. The van der Waals surface area contributed by atoms with Crippen molar-refractivity contribution >= 4 is 22.7 Å². The van der Waals surface area contributed by atoms with E-state index in [1.807, 2.05) is 48.5 Å². The number of fused-ring (bicyclic) bond motifs is 1. The SMILES string of the molecule is NC(=O)c1cn(C(=O)c2cccc(OCc3ccccc3)c2)c2ccccc12. The first kappa shape index (κ1) is 17.5. The van der Waals surface area contributed by atoms with E-state index in [1.54, 1.807) is 30.3 Å². The molecule has 0 unspecified atom stereocenters. The highest BCUT2D eigenvalue weighted by Crippen LogP contribution is 2.23. The third-order valence-electron chi connectivity index (χ3n) is 4.53. The number of amides is 1. The Morgan fingerprint density at radius 1 is 0.893 bits per heavy atom. The van der Waals surface area contributed by atoms with E-state index in [2.05, 4.69) is 0 Å². The molecule has 0 aliphatic rings. The average Bonchev–Trinajstić information content (AvgIpc) is 3.13. The highest BCUT2D eigenvalue weighted by Gasteiger charge is 2.18. The summed E-state index contributed by atoms with van der Waals surface area (Å²) in [5.41, 5.74) is 7.93. The van der Waals surface area contributed by atoms with Crippen molar-refractivity contribution in [3.63, 3.8) is 0 Å². The van der Waals surface area contributed by atoms with Crippen molar-refractivity contribution in [1.29, 1.82) is 0 Å². The summed E-state index contributed by atoms with van der Waals surface area (Å²) in [7, 11) is 0. The quantitative estimate of drug-likeness (QED) is 0.577. The Hall–Kier alpha value is -3.86. The monoisotopic (exact) mass is 370 g/mol. The number of nitrogens with zero attached hydrogens (tertiary/aromatic N) is 1. The summed E-state index contributed by atoms with van der Waals surface area (Å²) in [6.45, 7) is 0.413. The maximum absolute atomic E-state index is 13.1. The highest BCUT2D eigenvalue weighted by molar-refractivity contribution is 6.11. The van der Waals surface area contributed by atoms with Crippen molar-refractivity contribution in [1.82, 2.24) is 4.57 Å². The number of aromatic nitrogens is 1. The Kier molecular flexibility index (Phi) is 4.64. The first-order chi connectivity index (χ1) is 13.6. The minimum atomic E-state index is -0.567. The third kappa shape index (κ3) is 3.38. The van der Waals surface area contributed by atoms with Gasteiger partial charge in [-0.3, -0.25) is 14.2 Å². The van der Waals surface area contributed by atoms with Crippen molar-refractivity contribution < 1.29 is 14.3 Å². The van der Waals surface area contributed by atoms with Crippen LogP contribution in [0, 0.1) is 0 Å². The van der Waals surface area contributed by atoms with E-state index < -0.39 is 5.91 Å². The molecule has 0 aliphatic heterocycles. The summed E-state index contributed by atoms with van der Waals surface area (Å²) >= 11 is 0. The van der Waals surface area contributed by atoms with Crippen molar-refractivity contribution in [2.45, 2.75) is 6.61 Å². The number of carbonyl (C=O) groups excluding carboxylic acids is 2. The van der Waals surface area contributed by atoms with Crippen LogP contribution in [0.3, 0.4) is 0 Å². The number of primary amides is 1. The van der Waals surface area contributed by atoms with Gasteiger partial charge in [0.15, 0.2) is 0 Å². The molecule has 1 aromatic heterocycles. The van der Waals surface area contributed by atoms with Crippen LogP contribution >= 0.6 is 0 Å². The fourth-order valence-corrected chi connectivity index (χ4v) is 3.14. The molecule has 4 rings (SSSR count). The second-order valence-corrected chi connectivity index (χ2v) is 6.40. The first-order valence-electron chi connectivity index (χ1n) is 8.85. The van der Waals surface area contributed by atoms with E-state index >= 15 is 0 Å². The van der Waals surface area contributed by atoms with Crippen LogP contribution in [0.5, 0.6) is 5.75 Å². The minimum Gasteiger partial charge on any atom is -0.489 e. The number of para-hydroxylation sites is 1. The van der Waals surface area contributed by atoms with Gasteiger partial charge in [-0.2, -0.15) is 0 Å². The molecule has 0 bridgehead atoms. The van der Waals surface area contributed by atoms with Gasteiger partial charge in [-0.15, -0.1) is 0 Å². The first-order valence-corrected chi connectivity index (χ1v) is 8.85. The number of rotatable bonds is 5. The van der Waals surface area contributed by atoms with Gasteiger partial charge < -0.3 is 10.5 Å². The van der Waals surface area contributed by atoms with E-state index in [9.17, 15) is 9.59 Å². The smallest absolute Gasteiger partial charge is 0.262 e. The predicted octanol–water partition coefficient (Wildman–Crippen LogP) is 4.01. The standard InChI is InChI=1S/C23H18N2O3/c24-22(26)20-14-25(21-12-5-4-11-19(20)21)23(27)17-9-6-10-18(13-17)28-15-16-7-2-1-3-8-16/h1-14H,15H2,(H2,24,26). The molecule has 2 N–H and O–H groups in total. The van der Waals surface area contributed by atoms with E-state index in [0.29, 0.717) is 34.4 Å². The van der Waals surface area contributed by atoms with E-state index in [-0.39, 0.29) is 5.91 Å². The molecule has 1 amide bonds. The molecular weight excluding hydrogens is 352 g/mol. The van der Waals surface area contributed by atoms with Gasteiger partial charge in [0, 0.05) is 17.1 Å². The lowest BCUT2D eigenvalue weighted by molar-refractivity contribution is 0.0964. The van der Waals surface area contributed by atoms with Crippen LogP contribution in [0.1, 0.15) is 26.3 Å². The van der Waals surface area contributed by atoms with E-state index in [1.165, 1.54) is 10.8 Å². The molecule has 0 atom stereocenters. The molecule has 138 valence electrons. The Morgan fingerprint density at radius 3 is 2.43 bits per heavy atom. The topological polar surface area (TPSA) is 74.3 Å². The minimum absolute atomic E-state index is 0.256. The second-order valence-electron chi connectivity index (χ2n) is 6.40. The van der Waals surface area contributed by atoms with Gasteiger partial charge in [-0.1, -0.05) is 54.6 Å². The molecule has 0 aliphatic carbocycles. The van der Waals surface area contributed by atoms with Crippen LogP contribution in [0.25, 0.3) is 10.9 Å². The normalized spacial score (nSPS) is 10.7. The van der Waals surface area contributed by atoms with Crippen molar-refractivity contribution in [3.05, 3.63) is 102 Å². The molecule has 5 heteroatoms. The molecule has 0 radical (unpaired) electrons. The molecule has 3 aromatic carbocycles.